The van der Waals surface area contributed by atoms with Crippen LogP contribution in [0.1, 0.15) is 18.4 Å². The monoisotopic (exact) mass is 209 g/mol. The van der Waals surface area contributed by atoms with Gasteiger partial charge in [-0.15, -0.1) is 0 Å². The van der Waals surface area contributed by atoms with Crippen molar-refractivity contribution >= 4 is 0 Å². The molecule has 0 saturated carbocycles. The van der Waals surface area contributed by atoms with Gasteiger partial charge in [0.2, 0.25) is 0 Å². The lowest BCUT2D eigenvalue weighted by Crippen LogP contribution is -2.34. The van der Waals surface area contributed by atoms with Crippen LogP contribution in [0.4, 0.5) is 4.39 Å². The molecule has 1 aromatic rings. The molecular formula is C12H16FNO. The first-order valence-electron chi connectivity index (χ1n) is 5.41. The molecule has 0 bridgehead atoms. The van der Waals surface area contributed by atoms with Gasteiger partial charge in [0.05, 0.1) is 0 Å². The quantitative estimate of drug-likeness (QED) is 0.824. The molecule has 1 aliphatic heterocycles. The van der Waals surface area contributed by atoms with Crippen molar-refractivity contribution in [3.05, 3.63) is 29.8 Å². The predicted molar refractivity (Wildman–Crippen MR) is 57.8 cm³/mol. The largest absolute Gasteiger partial charge is 0.490 e. The first-order chi connectivity index (χ1) is 7.38. The van der Waals surface area contributed by atoms with Crippen LogP contribution in [0, 0.1) is 0 Å². The number of ether oxygens (including phenoxy) is 1. The van der Waals surface area contributed by atoms with Crippen LogP contribution in [0.15, 0.2) is 24.3 Å². The van der Waals surface area contributed by atoms with Gasteiger partial charge in [-0.25, -0.2) is 4.39 Å². The second kappa shape index (κ2) is 5.12. The van der Waals surface area contributed by atoms with E-state index >= 15 is 0 Å². The Kier molecular flexibility index (Phi) is 3.56. The lowest BCUT2D eigenvalue weighted by Gasteiger charge is -2.23. The van der Waals surface area contributed by atoms with E-state index in [-0.39, 0.29) is 6.10 Å². The van der Waals surface area contributed by atoms with E-state index in [2.05, 4.69) is 5.32 Å². The number of benzene rings is 1. The number of hydrogen-bond donors (Lipinski definition) is 1. The number of hydrogen-bond acceptors (Lipinski definition) is 2. The summed E-state index contributed by atoms with van der Waals surface area (Å²) in [5.74, 6) is 0.789. The summed E-state index contributed by atoms with van der Waals surface area (Å²) in [6.45, 7) is 1.59. The normalized spacial score (nSPS) is 17.7. The molecule has 2 rings (SSSR count). The highest BCUT2D eigenvalue weighted by atomic mass is 19.1. The van der Waals surface area contributed by atoms with Crippen molar-refractivity contribution in [3.63, 3.8) is 0 Å². The second-order valence-electron chi connectivity index (χ2n) is 3.85. The number of piperidine rings is 1. The van der Waals surface area contributed by atoms with Crippen LogP contribution < -0.4 is 10.1 Å². The third-order valence-corrected chi connectivity index (χ3v) is 2.64. The van der Waals surface area contributed by atoms with Gasteiger partial charge in [-0.2, -0.15) is 0 Å². The fraction of sp³-hybridized carbons (Fsp3) is 0.500. The molecule has 3 heteroatoms. The lowest BCUT2D eigenvalue weighted by atomic mass is 10.1. The van der Waals surface area contributed by atoms with E-state index in [0.29, 0.717) is 5.56 Å². The highest BCUT2D eigenvalue weighted by Crippen LogP contribution is 2.18. The Morgan fingerprint density at radius 1 is 1.33 bits per heavy atom. The fourth-order valence-corrected chi connectivity index (χ4v) is 1.81. The maximum atomic E-state index is 12.4. The van der Waals surface area contributed by atoms with Crippen LogP contribution >= 0.6 is 0 Å². The van der Waals surface area contributed by atoms with E-state index in [1.54, 1.807) is 12.1 Å². The van der Waals surface area contributed by atoms with E-state index in [4.69, 9.17) is 4.74 Å². The zero-order valence-corrected chi connectivity index (χ0v) is 8.71. The molecule has 1 aromatic carbocycles. The molecule has 0 spiro atoms. The van der Waals surface area contributed by atoms with Gasteiger partial charge in [-0.05, 0) is 43.6 Å². The molecule has 0 unspecified atom stereocenters. The van der Waals surface area contributed by atoms with Gasteiger partial charge in [-0.3, -0.25) is 0 Å². The summed E-state index contributed by atoms with van der Waals surface area (Å²) in [7, 11) is 0. The summed E-state index contributed by atoms with van der Waals surface area (Å²) in [5, 5.41) is 3.28. The van der Waals surface area contributed by atoms with Gasteiger partial charge < -0.3 is 10.1 Å². The molecule has 0 radical (unpaired) electrons. The van der Waals surface area contributed by atoms with Gasteiger partial charge in [0.1, 0.15) is 18.5 Å². The van der Waals surface area contributed by atoms with Crippen LogP contribution in [0.5, 0.6) is 5.75 Å². The highest BCUT2D eigenvalue weighted by molar-refractivity contribution is 5.28. The Bertz CT molecular complexity index is 310. The van der Waals surface area contributed by atoms with Crippen molar-refractivity contribution < 1.29 is 9.13 Å². The number of alkyl halides is 1. The summed E-state index contributed by atoms with van der Waals surface area (Å²) in [5.41, 5.74) is 0.682. The molecule has 82 valence electrons. The summed E-state index contributed by atoms with van der Waals surface area (Å²) in [4.78, 5) is 0. The van der Waals surface area contributed by atoms with Gasteiger partial charge in [-0.1, -0.05) is 12.1 Å². The Balaban J connectivity index is 1.96. The molecule has 0 aliphatic carbocycles. The summed E-state index contributed by atoms with van der Waals surface area (Å²) < 4.78 is 18.2. The molecule has 0 atom stereocenters. The maximum Gasteiger partial charge on any atom is 0.120 e. The van der Waals surface area contributed by atoms with Gasteiger partial charge in [0, 0.05) is 0 Å². The van der Waals surface area contributed by atoms with Gasteiger partial charge >= 0.3 is 0 Å². The standard InChI is InChI=1S/C12H16FNO/c13-9-10-2-1-3-12(8-10)15-11-4-6-14-7-5-11/h1-3,8,11,14H,4-7,9H2. The van der Waals surface area contributed by atoms with E-state index in [1.807, 2.05) is 12.1 Å². The van der Waals surface area contributed by atoms with Gasteiger partial charge in [0.25, 0.3) is 0 Å². The second-order valence-corrected chi connectivity index (χ2v) is 3.85. The molecule has 1 aliphatic rings. The topological polar surface area (TPSA) is 21.3 Å². The third kappa shape index (κ3) is 2.93. The van der Waals surface area contributed by atoms with E-state index in [9.17, 15) is 4.39 Å². The molecule has 0 aromatic heterocycles. The first kappa shape index (κ1) is 10.4. The average molecular weight is 209 g/mol. The molecule has 1 saturated heterocycles. The Morgan fingerprint density at radius 2 is 2.13 bits per heavy atom. The Labute approximate surface area is 89.4 Å². The van der Waals surface area contributed by atoms with Crippen molar-refractivity contribution in [3.8, 4) is 5.75 Å². The van der Waals surface area contributed by atoms with Crippen molar-refractivity contribution in [1.29, 1.82) is 0 Å². The zero-order chi connectivity index (χ0) is 10.5. The van der Waals surface area contributed by atoms with E-state index in [0.717, 1.165) is 31.7 Å². The minimum absolute atomic E-state index is 0.279. The predicted octanol–water partition coefficient (Wildman–Crippen LogP) is 2.29. The maximum absolute atomic E-state index is 12.4. The SMILES string of the molecule is FCc1cccc(OC2CCNCC2)c1. The molecule has 0 amide bonds. The number of halogens is 1. The molecule has 1 N–H and O–H groups in total. The number of rotatable bonds is 3. The lowest BCUT2D eigenvalue weighted by molar-refractivity contribution is 0.162. The fourth-order valence-electron chi connectivity index (χ4n) is 1.81. The first-order valence-corrected chi connectivity index (χ1v) is 5.41. The summed E-state index contributed by atoms with van der Waals surface area (Å²) >= 11 is 0. The Morgan fingerprint density at radius 3 is 2.87 bits per heavy atom. The Hall–Kier alpha value is -1.09. The van der Waals surface area contributed by atoms with Crippen molar-refractivity contribution in [2.45, 2.75) is 25.6 Å². The summed E-state index contributed by atoms with van der Waals surface area (Å²) in [6.07, 6.45) is 2.33. The van der Waals surface area contributed by atoms with Gasteiger partial charge in [0.15, 0.2) is 0 Å². The highest BCUT2D eigenvalue weighted by Gasteiger charge is 2.14. The van der Waals surface area contributed by atoms with Crippen LogP contribution in [0.3, 0.4) is 0 Å². The van der Waals surface area contributed by atoms with Crippen molar-refractivity contribution in [2.75, 3.05) is 13.1 Å². The molecule has 1 heterocycles. The smallest absolute Gasteiger partial charge is 0.120 e. The zero-order valence-electron chi connectivity index (χ0n) is 8.71. The third-order valence-electron chi connectivity index (χ3n) is 2.64. The van der Waals surface area contributed by atoms with Crippen LogP contribution in [0.2, 0.25) is 0 Å². The van der Waals surface area contributed by atoms with Crippen LogP contribution in [0.25, 0.3) is 0 Å². The van der Waals surface area contributed by atoms with E-state index < -0.39 is 6.67 Å². The van der Waals surface area contributed by atoms with E-state index in [1.165, 1.54) is 0 Å². The minimum atomic E-state index is -0.427. The molecule has 1 fully saturated rings. The van der Waals surface area contributed by atoms with Crippen LogP contribution in [-0.4, -0.2) is 19.2 Å². The van der Waals surface area contributed by atoms with Crippen LogP contribution in [-0.2, 0) is 6.67 Å². The molecule has 15 heavy (non-hydrogen) atoms. The molecular weight excluding hydrogens is 193 g/mol. The average Bonchev–Trinajstić information content (AvgIpc) is 2.31. The van der Waals surface area contributed by atoms with Crippen molar-refractivity contribution in [2.24, 2.45) is 0 Å². The minimum Gasteiger partial charge on any atom is -0.490 e. The summed E-state index contributed by atoms with van der Waals surface area (Å²) in [6, 6.07) is 7.28. The number of nitrogens with one attached hydrogen (secondary N) is 1. The molecule has 2 nitrogen and oxygen atoms in total. The van der Waals surface area contributed by atoms with Crippen molar-refractivity contribution in [1.82, 2.24) is 5.32 Å².